The molecule has 0 aromatic heterocycles. The molecule has 152 valence electrons. The molecule has 3 rings (SSSR count). The SMILES string of the molecule is CCOc1ccc(CN2CCN(C(=O)/C=C/c3ccccc3[N+](=O)[O-])CC2)cc1. The Labute approximate surface area is 170 Å². The predicted molar refractivity (Wildman–Crippen MR) is 112 cm³/mol. The first-order chi connectivity index (χ1) is 14.1. The molecular weight excluding hydrogens is 370 g/mol. The number of nitro groups is 1. The van der Waals surface area contributed by atoms with Crippen molar-refractivity contribution in [1.82, 2.24) is 9.80 Å². The Morgan fingerprint density at radius 1 is 1.10 bits per heavy atom. The molecule has 0 spiro atoms. The van der Waals surface area contributed by atoms with Crippen molar-refractivity contribution in [2.45, 2.75) is 13.5 Å². The second-order valence-corrected chi connectivity index (χ2v) is 6.83. The number of carbonyl (C=O) groups excluding carboxylic acids is 1. The summed E-state index contributed by atoms with van der Waals surface area (Å²) >= 11 is 0. The normalized spacial score (nSPS) is 14.9. The van der Waals surface area contributed by atoms with Crippen LogP contribution in [-0.4, -0.2) is 53.4 Å². The summed E-state index contributed by atoms with van der Waals surface area (Å²) in [5, 5.41) is 11.1. The van der Waals surface area contributed by atoms with E-state index in [4.69, 9.17) is 4.74 Å². The van der Waals surface area contributed by atoms with E-state index >= 15 is 0 Å². The Morgan fingerprint density at radius 2 is 1.79 bits per heavy atom. The van der Waals surface area contributed by atoms with Crippen LogP contribution in [0.1, 0.15) is 18.1 Å². The number of amides is 1. The molecule has 7 nitrogen and oxygen atoms in total. The smallest absolute Gasteiger partial charge is 0.276 e. The number of ether oxygens (including phenoxy) is 1. The molecule has 1 aliphatic heterocycles. The third-order valence-electron chi connectivity index (χ3n) is 4.86. The van der Waals surface area contributed by atoms with Crippen molar-refractivity contribution in [3.05, 3.63) is 75.8 Å². The van der Waals surface area contributed by atoms with Gasteiger partial charge in [0.1, 0.15) is 5.75 Å². The Morgan fingerprint density at radius 3 is 2.45 bits per heavy atom. The molecule has 29 heavy (non-hydrogen) atoms. The van der Waals surface area contributed by atoms with E-state index in [1.165, 1.54) is 23.8 Å². The molecule has 0 aliphatic carbocycles. The molecule has 2 aromatic rings. The van der Waals surface area contributed by atoms with Gasteiger partial charge in [-0.2, -0.15) is 0 Å². The zero-order valence-electron chi connectivity index (χ0n) is 16.5. The fourth-order valence-corrected chi connectivity index (χ4v) is 3.30. The summed E-state index contributed by atoms with van der Waals surface area (Å²) in [7, 11) is 0. The van der Waals surface area contributed by atoms with Crippen LogP contribution >= 0.6 is 0 Å². The van der Waals surface area contributed by atoms with E-state index in [-0.39, 0.29) is 11.6 Å². The molecule has 0 bridgehead atoms. The van der Waals surface area contributed by atoms with Crippen molar-refractivity contribution >= 4 is 17.7 Å². The van der Waals surface area contributed by atoms with Gasteiger partial charge in [-0.25, -0.2) is 0 Å². The molecule has 0 unspecified atom stereocenters. The van der Waals surface area contributed by atoms with Gasteiger partial charge in [0.05, 0.1) is 17.1 Å². The maximum absolute atomic E-state index is 12.5. The second-order valence-electron chi connectivity index (χ2n) is 6.83. The van der Waals surface area contributed by atoms with E-state index in [2.05, 4.69) is 17.0 Å². The summed E-state index contributed by atoms with van der Waals surface area (Å²) < 4.78 is 5.47. The van der Waals surface area contributed by atoms with Gasteiger partial charge < -0.3 is 9.64 Å². The van der Waals surface area contributed by atoms with Gasteiger partial charge in [0, 0.05) is 44.9 Å². The summed E-state index contributed by atoms with van der Waals surface area (Å²) in [5.41, 5.74) is 1.64. The molecular formula is C22H25N3O4. The van der Waals surface area contributed by atoms with Crippen LogP contribution in [0, 0.1) is 10.1 Å². The maximum Gasteiger partial charge on any atom is 0.276 e. The lowest BCUT2D eigenvalue weighted by Crippen LogP contribution is -2.47. The van der Waals surface area contributed by atoms with E-state index in [0.29, 0.717) is 25.3 Å². The molecule has 7 heteroatoms. The third kappa shape index (κ3) is 5.65. The molecule has 1 aliphatic rings. The summed E-state index contributed by atoms with van der Waals surface area (Å²) in [6.45, 7) is 6.30. The van der Waals surface area contributed by atoms with E-state index in [1.54, 1.807) is 23.1 Å². The van der Waals surface area contributed by atoms with Crippen LogP contribution in [0.25, 0.3) is 6.08 Å². The summed E-state index contributed by atoms with van der Waals surface area (Å²) in [5.74, 6) is 0.751. The molecule has 1 amide bonds. The van der Waals surface area contributed by atoms with Crippen molar-refractivity contribution in [2.24, 2.45) is 0 Å². The minimum atomic E-state index is -0.441. The number of nitrogens with zero attached hydrogens (tertiary/aromatic N) is 3. The fraction of sp³-hybridized carbons (Fsp3) is 0.318. The summed E-state index contributed by atoms with van der Waals surface area (Å²) in [4.78, 5) is 27.2. The Hall–Kier alpha value is -3.19. The van der Waals surface area contributed by atoms with Crippen molar-refractivity contribution < 1.29 is 14.5 Å². The lowest BCUT2D eigenvalue weighted by atomic mass is 10.1. The van der Waals surface area contributed by atoms with Crippen LogP contribution in [0.15, 0.2) is 54.6 Å². The van der Waals surface area contributed by atoms with Crippen LogP contribution in [0.3, 0.4) is 0 Å². The van der Waals surface area contributed by atoms with Gasteiger partial charge in [-0.3, -0.25) is 19.8 Å². The fourth-order valence-electron chi connectivity index (χ4n) is 3.30. The van der Waals surface area contributed by atoms with Gasteiger partial charge >= 0.3 is 0 Å². The van der Waals surface area contributed by atoms with Crippen molar-refractivity contribution in [2.75, 3.05) is 32.8 Å². The zero-order chi connectivity index (χ0) is 20.6. The Bertz CT molecular complexity index is 872. The van der Waals surface area contributed by atoms with Crippen LogP contribution in [0.4, 0.5) is 5.69 Å². The quantitative estimate of drug-likeness (QED) is 0.408. The number of nitro benzene ring substituents is 1. The number of hydrogen-bond acceptors (Lipinski definition) is 5. The van der Waals surface area contributed by atoms with E-state index < -0.39 is 4.92 Å². The Balaban J connectivity index is 1.51. The molecule has 0 radical (unpaired) electrons. The molecule has 1 saturated heterocycles. The average Bonchev–Trinajstić information content (AvgIpc) is 2.74. The topological polar surface area (TPSA) is 75.9 Å². The highest BCUT2D eigenvalue weighted by Crippen LogP contribution is 2.19. The van der Waals surface area contributed by atoms with Gasteiger partial charge in [-0.15, -0.1) is 0 Å². The molecule has 0 saturated carbocycles. The minimum Gasteiger partial charge on any atom is -0.494 e. The zero-order valence-corrected chi connectivity index (χ0v) is 16.5. The first-order valence-corrected chi connectivity index (χ1v) is 9.71. The monoisotopic (exact) mass is 395 g/mol. The number of rotatable bonds is 7. The van der Waals surface area contributed by atoms with Crippen LogP contribution < -0.4 is 4.74 Å². The summed E-state index contributed by atoms with van der Waals surface area (Å²) in [6.07, 6.45) is 2.94. The lowest BCUT2D eigenvalue weighted by Gasteiger charge is -2.34. The summed E-state index contributed by atoms with van der Waals surface area (Å²) in [6, 6.07) is 14.5. The van der Waals surface area contributed by atoms with Crippen LogP contribution in [0.5, 0.6) is 5.75 Å². The van der Waals surface area contributed by atoms with Gasteiger partial charge in [0.15, 0.2) is 0 Å². The second kappa shape index (κ2) is 9.84. The number of benzene rings is 2. The first kappa shape index (κ1) is 20.5. The van der Waals surface area contributed by atoms with Crippen LogP contribution in [-0.2, 0) is 11.3 Å². The van der Waals surface area contributed by atoms with Gasteiger partial charge in [0.2, 0.25) is 5.91 Å². The van der Waals surface area contributed by atoms with Gasteiger partial charge in [-0.05, 0) is 36.8 Å². The largest absolute Gasteiger partial charge is 0.494 e. The highest BCUT2D eigenvalue weighted by Gasteiger charge is 2.20. The molecule has 1 heterocycles. The molecule has 1 fully saturated rings. The van der Waals surface area contributed by atoms with Gasteiger partial charge in [-0.1, -0.05) is 24.3 Å². The third-order valence-corrected chi connectivity index (χ3v) is 4.86. The van der Waals surface area contributed by atoms with Crippen molar-refractivity contribution in [1.29, 1.82) is 0 Å². The predicted octanol–water partition coefficient (Wildman–Crippen LogP) is 3.35. The van der Waals surface area contributed by atoms with E-state index in [0.717, 1.165) is 25.4 Å². The number of piperazine rings is 1. The Kier molecular flexibility index (Phi) is 6.97. The lowest BCUT2D eigenvalue weighted by molar-refractivity contribution is -0.385. The highest BCUT2D eigenvalue weighted by molar-refractivity contribution is 5.92. The molecule has 0 N–H and O–H groups in total. The van der Waals surface area contributed by atoms with Gasteiger partial charge in [0.25, 0.3) is 5.69 Å². The van der Waals surface area contributed by atoms with Crippen molar-refractivity contribution in [3.8, 4) is 5.75 Å². The number of para-hydroxylation sites is 1. The average molecular weight is 395 g/mol. The van der Waals surface area contributed by atoms with Crippen LogP contribution in [0.2, 0.25) is 0 Å². The first-order valence-electron chi connectivity index (χ1n) is 9.71. The van der Waals surface area contributed by atoms with E-state index in [1.807, 2.05) is 19.1 Å². The minimum absolute atomic E-state index is 0.00303. The molecule has 2 aromatic carbocycles. The highest BCUT2D eigenvalue weighted by atomic mass is 16.6. The maximum atomic E-state index is 12.5. The van der Waals surface area contributed by atoms with E-state index in [9.17, 15) is 14.9 Å². The van der Waals surface area contributed by atoms with Crippen molar-refractivity contribution in [3.63, 3.8) is 0 Å². The number of hydrogen-bond donors (Lipinski definition) is 0. The number of carbonyl (C=O) groups is 1. The standard InChI is InChI=1S/C22H25N3O4/c1-2-29-20-10-7-18(8-11-20)17-23-13-15-24(16-14-23)22(26)12-9-19-5-3-4-6-21(19)25(27)28/h3-12H,2,13-17H2,1H3/b12-9+. The molecule has 0 atom stereocenters.